The smallest absolute Gasteiger partial charge is 0.255 e. The van der Waals surface area contributed by atoms with Crippen molar-refractivity contribution >= 4 is 5.91 Å². The summed E-state index contributed by atoms with van der Waals surface area (Å²) in [5.41, 5.74) is 2.30. The van der Waals surface area contributed by atoms with Gasteiger partial charge in [0.05, 0.1) is 0 Å². The number of hydrogen-bond acceptors (Lipinski definition) is 3. The number of nitrogens with zero attached hydrogens (tertiary/aromatic N) is 1. The van der Waals surface area contributed by atoms with Crippen LogP contribution in [-0.2, 0) is 17.8 Å². The van der Waals surface area contributed by atoms with Crippen LogP contribution in [0, 0.1) is 6.92 Å². The normalized spacial score (nSPS) is 20.4. The molecular formula is C22H28N2O2. The molecule has 2 aromatic carbocycles. The SMILES string of the molecule is Cc1cccc(CNCC2(O)CCCN(CCc3ccccc3)C2=O)c1. The van der Waals surface area contributed by atoms with Gasteiger partial charge >= 0.3 is 0 Å². The molecule has 138 valence electrons. The van der Waals surface area contributed by atoms with Crippen molar-refractivity contribution in [3.63, 3.8) is 0 Å². The van der Waals surface area contributed by atoms with E-state index in [0.29, 0.717) is 26.1 Å². The van der Waals surface area contributed by atoms with Crippen molar-refractivity contribution in [3.05, 3.63) is 71.3 Å². The maximum absolute atomic E-state index is 12.8. The molecule has 2 N–H and O–H groups in total. The molecule has 1 saturated heterocycles. The minimum absolute atomic E-state index is 0.142. The number of aliphatic hydroxyl groups is 1. The van der Waals surface area contributed by atoms with E-state index in [1.807, 2.05) is 29.2 Å². The molecule has 1 fully saturated rings. The minimum Gasteiger partial charge on any atom is -0.379 e. The lowest BCUT2D eigenvalue weighted by molar-refractivity contribution is -0.156. The average Bonchev–Trinajstić information content (AvgIpc) is 2.64. The number of aryl methyl sites for hydroxylation is 1. The Kier molecular flexibility index (Phi) is 6.07. The molecule has 0 spiro atoms. The highest BCUT2D eigenvalue weighted by Gasteiger charge is 2.41. The number of amides is 1. The van der Waals surface area contributed by atoms with Crippen LogP contribution in [0.4, 0.5) is 0 Å². The van der Waals surface area contributed by atoms with Crippen LogP contribution in [0.15, 0.2) is 54.6 Å². The minimum atomic E-state index is -1.29. The Morgan fingerprint density at radius 1 is 1.12 bits per heavy atom. The summed E-state index contributed by atoms with van der Waals surface area (Å²) in [4.78, 5) is 14.6. The number of benzene rings is 2. The third kappa shape index (κ3) is 4.71. The second-order valence-corrected chi connectivity index (χ2v) is 7.26. The molecule has 0 radical (unpaired) electrons. The summed E-state index contributed by atoms with van der Waals surface area (Å²) in [6, 6.07) is 18.4. The van der Waals surface area contributed by atoms with Crippen molar-refractivity contribution in [1.29, 1.82) is 0 Å². The Bertz CT molecular complexity index is 732. The van der Waals surface area contributed by atoms with Crippen molar-refractivity contribution in [3.8, 4) is 0 Å². The number of carbonyl (C=O) groups excluding carboxylic acids is 1. The second-order valence-electron chi connectivity index (χ2n) is 7.26. The molecule has 26 heavy (non-hydrogen) atoms. The number of hydrogen-bond donors (Lipinski definition) is 2. The van der Waals surface area contributed by atoms with Crippen molar-refractivity contribution in [2.45, 2.75) is 38.3 Å². The number of rotatable bonds is 7. The third-order valence-electron chi connectivity index (χ3n) is 5.05. The van der Waals surface area contributed by atoms with Crippen LogP contribution in [0.25, 0.3) is 0 Å². The molecule has 1 aliphatic rings. The van der Waals surface area contributed by atoms with Gasteiger partial charge in [0.1, 0.15) is 0 Å². The lowest BCUT2D eigenvalue weighted by Gasteiger charge is -2.38. The molecule has 1 amide bonds. The fraction of sp³-hybridized carbons (Fsp3) is 0.409. The zero-order chi connectivity index (χ0) is 18.4. The van der Waals surface area contributed by atoms with Crippen molar-refractivity contribution in [2.24, 2.45) is 0 Å². The van der Waals surface area contributed by atoms with Crippen LogP contribution < -0.4 is 5.32 Å². The van der Waals surface area contributed by atoms with Crippen LogP contribution in [0.5, 0.6) is 0 Å². The van der Waals surface area contributed by atoms with Crippen LogP contribution in [0.2, 0.25) is 0 Å². The Balaban J connectivity index is 1.53. The summed E-state index contributed by atoms with van der Waals surface area (Å²) in [5, 5.41) is 14.2. The first-order valence-corrected chi connectivity index (χ1v) is 9.39. The van der Waals surface area contributed by atoms with Gasteiger partial charge in [-0.3, -0.25) is 4.79 Å². The van der Waals surface area contributed by atoms with Crippen LogP contribution >= 0.6 is 0 Å². The quantitative estimate of drug-likeness (QED) is 0.806. The fourth-order valence-electron chi connectivity index (χ4n) is 3.59. The molecule has 0 aliphatic carbocycles. The zero-order valence-corrected chi connectivity index (χ0v) is 15.4. The van der Waals surface area contributed by atoms with Gasteiger partial charge in [-0.15, -0.1) is 0 Å². The molecule has 1 unspecified atom stereocenters. The van der Waals surface area contributed by atoms with E-state index in [1.54, 1.807) is 0 Å². The highest BCUT2D eigenvalue weighted by atomic mass is 16.3. The van der Waals surface area contributed by atoms with Gasteiger partial charge in [0.25, 0.3) is 5.91 Å². The van der Waals surface area contributed by atoms with Gasteiger partial charge in [-0.25, -0.2) is 0 Å². The summed E-state index contributed by atoms with van der Waals surface area (Å²) in [6.45, 7) is 4.39. The van der Waals surface area contributed by atoms with E-state index < -0.39 is 5.60 Å². The molecule has 0 bridgehead atoms. The number of likely N-dealkylation sites (tertiary alicyclic amines) is 1. The lowest BCUT2D eigenvalue weighted by Crippen LogP contribution is -2.58. The predicted octanol–water partition coefficient (Wildman–Crippen LogP) is 2.68. The fourth-order valence-corrected chi connectivity index (χ4v) is 3.59. The summed E-state index contributed by atoms with van der Waals surface area (Å²) >= 11 is 0. The standard InChI is InChI=1S/C22H28N2O2/c1-18-7-5-10-20(15-18)16-23-17-22(26)12-6-13-24(21(22)25)14-11-19-8-3-2-4-9-19/h2-5,7-10,15,23,26H,6,11-14,16-17H2,1H3. The summed E-state index contributed by atoms with van der Waals surface area (Å²) in [6.07, 6.45) is 2.18. The zero-order valence-electron chi connectivity index (χ0n) is 15.4. The van der Waals surface area contributed by atoms with Gasteiger partial charge in [0.15, 0.2) is 5.60 Å². The number of piperidine rings is 1. The van der Waals surface area contributed by atoms with Crippen LogP contribution in [0.1, 0.15) is 29.5 Å². The van der Waals surface area contributed by atoms with Gasteiger partial charge in [0, 0.05) is 26.2 Å². The molecular weight excluding hydrogens is 324 g/mol. The summed E-state index contributed by atoms with van der Waals surface area (Å²) in [5.74, 6) is -0.142. The van der Waals surface area contributed by atoms with Gasteiger partial charge < -0.3 is 15.3 Å². The molecule has 1 atom stereocenters. The van der Waals surface area contributed by atoms with E-state index in [0.717, 1.165) is 24.9 Å². The molecule has 0 saturated carbocycles. The topological polar surface area (TPSA) is 52.6 Å². The summed E-state index contributed by atoms with van der Waals surface area (Å²) in [7, 11) is 0. The highest BCUT2D eigenvalue weighted by molar-refractivity contribution is 5.86. The van der Waals surface area contributed by atoms with Crippen LogP contribution in [-0.4, -0.2) is 41.1 Å². The van der Waals surface area contributed by atoms with E-state index in [1.165, 1.54) is 11.1 Å². The first-order valence-electron chi connectivity index (χ1n) is 9.39. The van der Waals surface area contributed by atoms with Gasteiger partial charge in [-0.1, -0.05) is 60.2 Å². The number of carbonyl (C=O) groups is 1. The van der Waals surface area contributed by atoms with E-state index in [4.69, 9.17) is 0 Å². The largest absolute Gasteiger partial charge is 0.379 e. The maximum Gasteiger partial charge on any atom is 0.255 e. The van der Waals surface area contributed by atoms with Gasteiger partial charge in [-0.2, -0.15) is 0 Å². The summed E-state index contributed by atoms with van der Waals surface area (Å²) < 4.78 is 0. The average molecular weight is 352 g/mol. The maximum atomic E-state index is 12.8. The van der Waals surface area contributed by atoms with E-state index in [9.17, 15) is 9.90 Å². The first kappa shape index (κ1) is 18.6. The first-order chi connectivity index (χ1) is 12.6. The Morgan fingerprint density at radius 3 is 2.65 bits per heavy atom. The Morgan fingerprint density at radius 2 is 1.88 bits per heavy atom. The monoisotopic (exact) mass is 352 g/mol. The third-order valence-corrected chi connectivity index (χ3v) is 5.05. The molecule has 4 heteroatoms. The molecule has 1 aliphatic heterocycles. The molecule has 3 rings (SSSR count). The Hall–Kier alpha value is -2.17. The Labute approximate surface area is 155 Å². The van der Waals surface area contributed by atoms with Gasteiger partial charge in [0.2, 0.25) is 0 Å². The van der Waals surface area contributed by atoms with Crippen molar-refractivity contribution in [2.75, 3.05) is 19.6 Å². The lowest BCUT2D eigenvalue weighted by atomic mass is 9.91. The van der Waals surface area contributed by atoms with Gasteiger partial charge in [-0.05, 0) is 37.3 Å². The molecule has 0 aromatic heterocycles. The van der Waals surface area contributed by atoms with E-state index >= 15 is 0 Å². The molecule has 4 nitrogen and oxygen atoms in total. The van der Waals surface area contributed by atoms with Crippen molar-refractivity contribution in [1.82, 2.24) is 10.2 Å². The number of nitrogens with one attached hydrogen (secondary N) is 1. The molecule has 2 aromatic rings. The second kappa shape index (κ2) is 8.47. The molecule has 1 heterocycles. The van der Waals surface area contributed by atoms with Crippen molar-refractivity contribution < 1.29 is 9.90 Å². The van der Waals surface area contributed by atoms with Crippen LogP contribution in [0.3, 0.4) is 0 Å². The van der Waals surface area contributed by atoms with E-state index in [2.05, 4.69) is 42.6 Å². The predicted molar refractivity (Wildman–Crippen MR) is 104 cm³/mol. The van der Waals surface area contributed by atoms with E-state index in [-0.39, 0.29) is 5.91 Å². The highest BCUT2D eigenvalue weighted by Crippen LogP contribution is 2.22.